The summed E-state index contributed by atoms with van der Waals surface area (Å²) in [5.74, 6) is 1.13. The standard InChI is InChI=1S/C16H21NO3/c1-10(2)9-17-16(19)11(3)20-13-5-6-14-12(8-13)4-7-15(14)18/h5-6,8,10-11H,4,7,9H2,1-3H3,(H,17,19). The molecule has 1 aromatic rings. The Balaban J connectivity index is 1.96. The van der Waals surface area contributed by atoms with E-state index >= 15 is 0 Å². The molecule has 0 saturated carbocycles. The lowest BCUT2D eigenvalue weighted by atomic mass is 10.1. The van der Waals surface area contributed by atoms with Crippen LogP contribution in [0.25, 0.3) is 0 Å². The van der Waals surface area contributed by atoms with E-state index in [4.69, 9.17) is 4.74 Å². The number of ether oxygens (including phenoxy) is 1. The van der Waals surface area contributed by atoms with Crippen LogP contribution in [0.4, 0.5) is 0 Å². The Kier molecular flexibility index (Phi) is 4.42. The van der Waals surface area contributed by atoms with E-state index in [-0.39, 0.29) is 11.7 Å². The summed E-state index contributed by atoms with van der Waals surface area (Å²) < 4.78 is 5.65. The predicted molar refractivity (Wildman–Crippen MR) is 77.0 cm³/mol. The average Bonchev–Trinajstić information content (AvgIpc) is 2.77. The van der Waals surface area contributed by atoms with Gasteiger partial charge in [-0.05, 0) is 43.0 Å². The molecule has 0 bridgehead atoms. The molecule has 1 unspecified atom stereocenters. The Hall–Kier alpha value is -1.84. The SMILES string of the molecule is CC(C)CNC(=O)C(C)Oc1ccc2c(c1)CCC2=O. The lowest BCUT2D eigenvalue weighted by molar-refractivity contribution is -0.127. The van der Waals surface area contributed by atoms with Gasteiger partial charge in [-0.3, -0.25) is 9.59 Å². The van der Waals surface area contributed by atoms with Crippen molar-refractivity contribution in [3.63, 3.8) is 0 Å². The molecule has 1 atom stereocenters. The molecule has 0 saturated heterocycles. The van der Waals surface area contributed by atoms with E-state index in [1.165, 1.54) is 0 Å². The molecule has 1 aliphatic rings. The van der Waals surface area contributed by atoms with Gasteiger partial charge in [-0.2, -0.15) is 0 Å². The number of hydrogen-bond donors (Lipinski definition) is 1. The Bertz CT molecular complexity index is 522. The summed E-state index contributed by atoms with van der Waals surface area (Å²) >= 11 is 0. The number of hydrogen-bond acceptors (Lipinski definition) is 3. The number of amides is 1. The summed E-state index contributed by atoms with van der Waals surface area (Å²) in [4.78, 5) is 23.4. The first-order chi connectivity index (χ1) is 9.47. The van der Waals surface area contributed by atoms with Crippen LogP contribution in [0, 0.1) is 5.92 Å². The van der Waals surface area contributed by atoms with Crippen LogP contribution >= 0.6 is 0 Å². The van der Waals surface area contributed by atoms with Gasteiger partial charge in [0.15, 0.2) is 11.9 Å². The van der Waals surface area contributed by atoms with Crippen molar-refractivity contribution in [2.45, 2.75) is 39.7 Å². The third-order valence-corrected chi connectivity index (χ3v) is 3.37. The summed E-state index contributed by atoms with van der Waals surface area (Å²) in [5, 5.41) is 2.84. The van der Waals surface area contributed by atoms with E-state index < -0.39 is 6.10 Å². The van der Waals surface area contributed by atoms with Crippen LogP contribution < -0.4 is 10.1 Å². The summed E-state index contributed by atoms with van der Waals surface area (Å²) in [6, 6.07) is 5.42. The van der Waals surface area contributed by atoms with Crippen molar-refractivity contribution < 1.29 is 14.3 Å². The van der Waals surface area contributed by atoms with E-state index in [9.17, 15) is 9.59 Å². The zero-order valence-electron chi connectivity index (χ0n) is 12.2. The molecule has 1 aliphatic carbocycles. The molecule has 2 rings (SSSR count). The third-order valence-electron chi connectivity index (χ3n) is 3.37. The van der Waals surface area contributed by atoms with E-state index in [1.54, 1.807) is 19.1 Å². The molecule has 4 nitrogen and oxygen atoms in total. The maximum atomic E-state index is 11.8. The smallest absolute Gasteiger partial charge is 0.260 e. The lowest BCUT2D eigenvalue weighted by Crippen LogP contribution is -2.38. The Labute approximate surface area is 119 Å². The van der Waals surface area contributed by atoms with Crippen LogP contribution in [0.15, 0.2) is 18.2 Å². The van der Waals surface area contributed by atoms with Crippen molar-refractivity contribution in [3.8, 4) is 5.75 Å². The highest BCUT2D eigenvalue weighted by Crippen LogP contribution is 2.26. The number of benzene rings is 1. The molecule has 0 fully saturated rings. The first kappa shape index (κ1) is 14.6. The number of Topliss-reactive ketones (excluding diaryl/α,β-unsaturated/α-hetero) is 1. The zero-order chi connectivity index (χ0) is 14.7. The van der Waals surface area contributed by atoms with Crippen molar-refractivity contribution in [2.75, 3.05) is 6.54 Å². The van der Waals surface area contributed by atoms with Crippen molar-refractivity contribution in [3.05, 3.63) is 29.3 Å². The van der Waals surface area contributed by atoms with E-state index in [0.29, 0.717) is 24.6 Å². The minimum atomic E-state index is -0.538. The van der Waals surface area contributed by atoms with Gasteiger partial charge in [0, 0.05) is 18.5 Å². The van der Waals surface area contributed by atoms with Gasteiger partial charge in [-0.15, -0.1) is 0 Å². The van der Waals surface area contributed by atoms with Crippen LogP contribution in [-0.2, 0) is 11.2 Å². The number of carbonyl (C=O) groups excluding carboxylic acids is 2. The van der Waals surface area contributed by atoms with Crippen molar-refractivity contribution in [2.24, 2.45) is 5.92 Å². The second-order valence-electron chi connectivity index (χ2n) is 5.64. The van der Waals surface area contributed by atoms with Crippen molar-refractivity contribution in [1.29, 1.82) is 0 Å². The normalized spacial score (nSPS) is 15.1. The number of aryl methyl sites for hydroxylation is 1. The molecule has 1 amide bonds. The Morgan fingerprint density at radius 3 is 2.75 bits per heavy atom. The molecule has 1 N–H and O–H groups in total. The quantitative estimate of drug-likeness (QED) is 0.897. The van der Waals surface area contributed by atoms with Gasteiger partial charge >= 0.3 is 0 Å². The largest absolute Gasteiger partial charge is 0.481 e. The van der Waals surface area contributed by atoms with Crippen LogP contribution in [0.2, 0.25) is 0 Å². The van der Waals surface area contributed by atoms with Gasteiger partial charge in [-0.25, -0.2) is 0 Å². The maximum Gasteiger partial charge on any atom is 0.260 e. The topological polar surface area (TPSA) is 55.4 Å². The zero-order valence-corrected chi connectivity index (χ0v) is 12.2. The second-order valence-corrected chi connectivity index (χ2v) is 5.64. The van der Waals surface area contributed by atoms with Crippen LogP contribution in [0.5, 0.6) is 5.75 Å². The lowest BCUT2D eigenvalue weighted by Gasteiger charge is -2.16. The van der Waals surface area contributed by atoms with Crippen LogP contribution in [0.1, 0.15) is 43.1 Å². The minimum Gasteiger partial charge on any atom is -0.481 e. The number of carbonyl (C=O) groups is 2. The fourth-order valence-electron chi connectivity index (χ4n) is 2.21. The molecule has 1 aromatic carbocycles. The van der Waals surface area contributed by atoms with Gasteiger partial charge in [-0.1, -0.05) is 13.8 Å². The van der Waals surface area contributed by atoms with Gasteiger partial charge in [0.05, 0.1) is 0 Å². The van der Waals surface area contributed by atoms with Crippen molar-refractivity contribution in [1.82, 2.24) is 5.32 Å². The molecule has 0 heterocycles. The fourth-order valence-corrected chi connectivity index (χ4v) is 2.21. The molecule has 0 spiro atoms. The summed E-state index contributed by atoms with van der Waals surface area (Å²) in [6.45, 7) is 6.46. The molecule has 20 heavy (non-hydrogen) atoms. The van der Waals surface area contributed by atoms with Crippen LogP contribution in [-0.4, -0.2) is 24.3 Å². The molecular formula is C16H21NO3. The molecule has 0 aromatic heterocycles. The Morgan fingerprint density at radius 1 is 1.30 bits per heavy atom. The molecular weight excluding hydrogens is 254 g/mol. The first-order valence-corrected chi connectivity index (χ1v) is 7.08. The van der Waals surface area contributed by atoms with Gasteiger partial charge in [0.1, 0.15) is 5.75 Å². The van der Waals surface area contributed by atoms with Gasteiger partial charge in [0.25, 0.3) is 5.91 Å². The fraction of sp³-hybridized carbons (Fsp3) is 0.500. The summed E-state index contributed by atoms with van der Waals surface area (Å²) in [5.41, 5.74) is 1.80. The Morgan fingerprint density at radius 2 is 2.05 bits per heavy atom. The van der Waals surface area contributed by atoms with E-state index in [1.807, 2.05) is 19.9 Å². The first-order valence-electron chi connectivity index (χ1n) is 7.08. The molecule has 0 radical (unpaired) electrons. The summed E-state index contributed by atoms with van der Waals surface area (Å²) in [7, 11) is 0. The third kappa shape index (κ3) is 3.38. The van der Waals surface area contributed by atoms with Gasteiger partial charge < -0.3 is 10.1 Å². The number of nitrogens with one attached hydrogen (secondary N) is 1. The van der Waals surface area contributed by atoms with E-state index in [2.05, 4.69) is 5.32 Å². The minimum absolute atomic E-state index is 0.115. The highest BCUT2D eigenvalue weighted by Gasteiger charge is 2.21. The average molecular weight is 275 g/mol. The molecule has 0 aliphatic heterocycles. The maximum absolute atomic E-state index is 11.8. The van der Waals surface area contributed by atoms with E-state index in [0.717, 1.165) is 17.5 Å². The number of rotatable bonds is 5. The monoisotopic (exact) mass is 275 g/mol. The second kappa shape index (κ2) is 6.07. The van der Waals surface area contributed by atoms with Crippen LogP contribution in [0.3, 0.4) is 0 Å². The van der Waals surface area contributed by atoms with Gasteiger partial charge in [0.2, 0.25) is 0 Å². The highest BCUT2D eigenvalue weighted by molar-refractivity contribution is 6.00. The predicted octanol–water partition coefficient (Wildman–Crippen LogP) is 2.36. The molecule has 4 heteroatoms. The molecule has 108 valence electrons. The summed E-state index contributed by atoms with van der Waals surface area (Å²) in [6.07, 6.45) is 0.798. The number of ketones is 1. The number of fused-ring (bicyclic) bond motifs is 1. The highest BCUT2D eigenvalue weighted by atomic mass is 16.5. The van der Waals surface area contributed by atoms with Crippen molar-refractivity contribution >= 4 is 11.7 Å².